The van der Waals surface area contributed by atoms with E-state index in [1.165, 1.54) is 36.7 Å². The molecule has 0 spiro atoms. The van der Waals surface area contributed by atoms with E-state index < -0.39 is 0 Å². The van der Waals surface area contributed by atoms with E-state index in [0.717, 1.165) is 0 Å². The van der Waals surface area contributed by atoms with Gasteiger partial charge in [-0.25, -0.2) is 14.4 Å². The molecule has 0 saturated carbocycles. The van der Waals surface area contributed by atoms with Crippen LogP contribution in [0, 0.1) is 5.82 Å². The molecule has 8 heteroatoms. The van der Waals surface area contributed by atoms with Crippen LogP contribution >= 0.6 is 0 Å². The molecule has 1 aromatic carbocycles. The van der Waals surface area contributed by atoms with Gasteiger partial charge in [-0.05, 0) is 24.3 Å². The molecule has 2 N–H and O–H groups in total. The molecule has 2 aromatic rings. The van der Waals surface area contributed by atoms with Crippen molar-refractivity contribution in [2.45, 2.75) is 0 Å². The topological polar surface area (TPSA) is 92.4 Å². The first kappa shape index (κ1) is 15.9. The Kier molecular flexibility index (Phi) is 4.37. The first-order valence-corrected chi connectivity index (χ1v) is 7.47. The third-order valence-corrected chi connectivity index (χ3v) is 3.87. The van der Waals surface area contributed by atoms with Crippen LogP contribution in [0.3, 0.4) is 0 Å². The number of amides is 2. The first-order valence-electron chi connectivity index (χ1n) is 7.47. The lowest BCUT2D eigenvalue weighted by atomic mass is 10.1. The van der Waals surface area contributed by atoms with Gasteiger partial charge in [-0.1, -0.05) is 0 Å². The number of anilines is 1. The van der Waals surface area contributed by atoms with E-state index >= 15 is 0 Å². The Morgan fingerprint density at radius 2 is 1.46 bits per heavy atom. The highest BCUT2D eigenvalue weighted by Crippen LogP contribution is 2.13. The van der Waals surface area contributed by atoms with Crippen molar-refractivity contribution in [3.8, 4) is 0 Å². The van der Waals surface area contributed by atoms with Gasteiger partial charge in [-0.2, -0.15) is 0 Å². The number of benzene rings is 1. The quantitative estimate of drug-likeness (QED) is 0.879. The van der Waals surface area contributed by atoms with Crippen LogP contribution in [0.25, 0.3) is 0 Å². The highest BCUT2D eigenvalue weighted by atomic mass is 19.1. The minimum absolute atomic E-state index is 0.0901. The van der Waals surface area contributed by atoms with Crippen LogP contribution in [0.15, 0.2) is 36.7 Å². The Hall–Kier alpha value is -3.03. The van der Waals surface area contributed by atoms with Crippen molar-refractivity contribution >= 4 is 17.6 Å². The Labute approximate surface area is 137 Å². The second-order valence-corrected chi connectivity index (χ2v) is 5.38. The molecule has 2 heterocycles. The standard InChI is InChI=1S/C16H16FN5O2/c17-12-3-1-11(2-4-12)15(23)21-7-9-22(10-8-21)16(24)13-14(18)20-6-5-19-13/h1-6H,7-10H2,(H2,18,20). The zero-order valence-electron chi connectivity index (χ0n) is 12.9. The summed E-state index contributed by atoms with van der Waals surface area (Å²) >= 11 is 0. The van der Waals surface area contributed by atoms with Gasteiger partial charge in [-0.15, -0.1) is 0 Å². The Morgan fingerprint density at radius 3 is 2.04 bits per heavy atom. The number of nitrogen functional groups attached to an aromatic ring is 1. The molecule has 1 aromatic heterocycles. The average Bonchev–Trinajstić information content (AvgIpc) is 2.62. The maximum Gasteiger partial charge on any atom is 0.276 e. The molecule has 1 aliphatic heterocycles. The van der Waals surface area contributed by atoms with Gasteiger partial charge in [0.1, 0.15) is 5.82 Å². The number of carbonyl (C=O) groups excluding carboxylic acids is 2. The fourth-order valence-electron chi connectivity index (χ4n) is 2.55. The fourth-order valence-corrected chi connectivity index (χ4v) is 2.55. The number of aromatic nitrogens is 2. The third-order valence-electron chi connectivity index (χ3n) is 3.87. The smallest absolute Gasteiger partial charge is 0.276 e. The molecule has 0 aliphatic carbocycles. The Bertz CT molecular complexity index is 757. The maximum absolute atomic E-state index is 12.9. The summed E-state index contributed by atoms with van der Waals surface area (Å²) in [6.45, 7) is 1.54. The fraction of sp³-hybridized carbons (Fsp3) is 0.250. The summed E-state index contributed by atoms with van der Waals surface area (Å²) in [6, 6.07) is 5.42. The molecule has 0 radical (unpaired) electrons. The minimum Gasteiger partial charge on any atom is -0.382 e. The number of carbonyl (C=O) groups is 2. The summed E-state index contributed by atoms with van der Waals surface area (Å²) < 4.78 is 12.9. The van der Waals surface area contributed by atoms with E-state index in [9.17, 15) is 14.0 Å². The second kappa shape index (κ2) is 6.61. The number of rotatable bonds is 2. The monoisotopic (exact) mass is 329 g/mol. The van der Waals surface area contributed by atoms with Crippen LogP contribution in [0.1, 0.15) is 20.8 Å². The molecule has 0 bridgehead atoms. The molecule has 0 unspecified atom stereocenters. The van der Waals surface area contributed by atoms with E-state index in [2.05, 4.69) is 9.97 Å². The lowest BCUT2D eigenvalue weighted by Crippen LogP contribution is -2.50. The van der Waals surface area contributed by atoms with Crippen molar-refractivity contribution in [3.05, 3.63) is 53.7 Å². The number of hydrogen-bond acceptors (Lipinski definition) is 5. The predicted octanol–water partition coefficient (Wildman–Crippen LogP) is 0.796. The lowest BCUT2D eigenvalue weighted by molar-refractivity contribution is 0.0532. The van der Waals surface area contributed by atoms with Gasteiger partial charge >= 0.3 is 0 Å². The molecule has 1 fully saturated rings. The summed E-state index contributed by atoms with van der Waals surface area (Å²) in [6.07, 6.45) is 2.84. The van der Waals surface area contributed by atoms with Crippen molar-refractivity contribution in [1.82, 2.24) is 19.8 Å². The molecule has 1 aliphatic rings. The van der Waals surface area contributed by atoms with Gasteiger partial charge in [0.05, 0.1) is 0 Å². The van der Waals surface area contributed by atoms with E-state index in [1.54, 1.807) is 9.80 Å². The normalized spacial score (nSPS) is 14.5. The van der Waals surface area contributed by atoms with Crippen LogP contribution in [-0.4, -0.2) is 57.8 Å². The van der Waals surface area contributed by atoms with Gasteiger partial charge in [-0.3, -0.25) is 9.59 Å². The Balaban J connectivity index is 1.63. The summed E-state index contributed by atoms with van der Waals surface area (Å²) in [7, 11) is 0. The lowest BCUT2D eigenvalue weighted by Gasteiger charge is -2.34. The van der Waals surface area contributed by atoms with Gasteiger partial charge < -0.3 is 15.5 Å². The molecule has 124 valence electrons. The molecule has 1 saturated heterocycles. The van der Waals surface area contributed by atoms with E-state index in [-0.39, 0.29) is 29.1 Å². The van der Waals surface area contributed by atoms with Crippen LogP contribution in [0.5, 0.6) is 0 Å². The van der Waals surface area contributed by atoms with Crippen molar-refractivity contribution < 1.29 is 14.0 Å². The highest BCUT2D eigenvalue weighted by molar-refractivity contribution is 5.97. The molecule has 2 amide bonds. The van der Waals surface area contributed by atoms with Gasteiger partial charge in [0.2, 0.25) is 0 Å². The van der Waals surface area contributed by atoms with E-state index in [1.807, 2.05) is 0 Å². The number of piperazine rings is 1. The second-order valence-electron chi connectivity index (χ2n) is 5.38. The van der Waals surface area contributed by atoms with Crippen LogP contribution < -0.4 is 5.73 Å². The van der Waals surface area contributed by atoms with Gasteiger partial charge in [0, 0.05) is 44.1 Å². The molecule has 24 heavy (non-hydrogen) atoms. The van der Waals surface area contributed by atoms with E-state index in [4.69, 9.17) is 5.73 Å². The van der Waals surface area contributed by atoms with Crippen LogP contribution in [0.2, 0.25) is 0 Å². The number of halogens is 1. The SMILES string of the molecule is Nc1nccnc1C(=O)N1CCN(C(=O)c2ccc(F)cc2)CC1. The van der Waals surface area contributed by atoms with Crippen molar-refractivity contribution in [2.24, 2.45) is 0 Å². The third kappa shape index (κ3) is 3.17. The number of nitrogens with two attached hydrogens (primary N) is 1. The highest BCUT2D eigenvalue weighted by Gasteiger charge is 2.27. The van der Waals surface area contributed by atoms with Gasteiger partial charge in [0.25, 0.3) is 11.8 Å². The first-order chi connectivity index (χ1) is 11.6. The maximum atomic E-state index is 12.9. The average molecular weight is 329 g/mol. The summed E-state index contributed by atoms with van der Waals surface area (Å²) in [5.41, 5.74) is 6.22. The largest absolute Gasteiger partial charge is 0.382 e. The van der Waals surface area contributed by atoms with Gasteiger partial charge in [0.15, 0.2) is 11.5 Å². The zero-order chi connectivity index (χ0) is 17.1. The zero-order valence-corrected chi connectivity index (χ0v) is 12.9. The molecule has 3 rings (SSSR count). The Morgan fingerprint density at radius 1 is 0.917 bits per heavy atom. The van der Waals surface area contributed by atoms with Crippen LogP contribution in [0.4, 0.5) is 10.2 Å². The minimum atomic E-state index is -0.386. The van der Waals surface area contributed by atoms with Crippen molar-refractivity contribution in [3.63, 3.8) is 0 Å². The molecule has 7 nitrogen and oxygen atoms in total. The molecule has 0 atom stereocenters. The van der Waals surface area contributed by atoms with Crippen LogP contribution in [-0.2, 0) is 0 Å². The number of hydrogen-bond donors (Lipinski definition) is 1. The molecular formula is C16H16FN5O2. The van der Waals surface area contributed by atoms with E-state index in [0.29, 0.717) is 31.7 Å². The summed E-state index contributed by atoms with van der Waals surface area (Å²) in [5.74, 6) is -0.772. The summed E-state index contributed by atoms with van der Waals surface area (Å²) in [4.78, 5) is 35.8. The number of nitrogens with zero attached hydrogens (tertiary/aromatic N) is 4. The predicted molar refractivity (Wildman–Crippen MR) is 84.7 cm³/mol. The molecular weight excluding hydrogens is 313 g/mol. The van der Waals surface area contributed by atoms with Crippen molar-refractivity contribution in [1.29, 1.82) is 0 Å². The van der Waals surface area contributed by atoms with Crippen molar-refractivity contribution in [2.75, 3.05) is 31.9 Å². The summed E-state index contributed by atoms with van der Waals surface area (Å²) in [5, 5.41) is 0.